The fourth-order valence-corrected chi connectivity index (χ4v) is 0.633. The minimum Gasteiger partial charge on any atom is -0.394 e. The predicted molar refractivity (Wildman–Crippen MR) is 41.5 cm³/mol. The highest BCUT2D eigenvalue weighted by molar-refractivity contribution is 4.56. The van der Waals surface area contributed by atoms with Crippen molar-refractivity contribution in [2.75, 3.05) is 26.4 Å². The van der Waals surface area contributed by atoms with E-state index in [1.165, 1.54) is 0 Å². The number of aliphatic hydroxyl groups is 3. The summed E-state index contributed by atoms with van der Waals surface area (Å²) in [6, 6.07) is 0. The standard InChI is InChI=1S/C7H16O5/c1-2-12-7(10)6(9)5-11-4-3-8/h6-10H,2-5H2,1H3. The molecule has 0 spiro atoms. The molecule has 0 aromatic rings. The highest BCUT2D eigenvalue weighted by atomic mass is 16.6. The predicted octanol–water partition coefficient (Wildman–Crippen LogP) is -1.29. The van der Waals surface area contributed by atoms with Gasteiger partial charge in [0.1, 0.15) is 6.10 Å². The number of rotatable bonds is 7. The Balaban J connectivity index is 3.35. The maximum Gasteiger partial charge on any atom is 0.183 e. The van der Waals surface area contributed by atoms with Crippen LogP contribution in [0.15, 0.2) is 0 Å². The molecule has 0 bridgehead atoms. The van der Waals surface area contributed by atoms with Gasteiger partial charge in [0, 0.05) is 6.61 Å². The van der Waals surface area contributed by atoms with Crippen molar-refractivity contribution < 1.29 is 24.8 Å². The van der Waals surface area contributed by atoms with Crippen molar-refractivity contribution in [1.29, 1.82) is 0 Å². The minimum absolute atomic E-state index is 0.0400. The summed E-state index contributed by atoms with van der Waals surface area (Å²) in [6.07, 6.45) is -2.27. The Labute approximate surface area is 71.5 Å². The van der Waals surface area contributed by atoms with E-state index >= 15 is 0 Å². The Hall–Kier alpha value is -0.200. The quantitative estimate of drug-likeness (QED) is 0.335. The van der Waals surface area contributed by atoms with Gasteiger partial charge in [-0.05, 0) is 6.92 Å². The summed E-state index contributed by atoms with van der Waals surface area (Å²) in [5, 5.41) is 26.4. The lowest BCUT2D eigenvalue weighted by Gasteiger charge is -2.16. The topological polar surface area (TPSA) is 79.2 Å². The molecule has 0 radical (unpaired) electrons. The second-order valence-corrected chi connectivity index (χ2v) is 2.21. The Morgan fingerprint density at radius 2 is 2.00 bits per heavy atom. The first-order valence-corrected chi connectivity index (χ1v) is 3.88. The highest BCUT2D eigenvalue weighted by Gasteiger charge is 2.15. The lowest BCUT2D eigenvalue weighted by molar-refractivity contribution is -0.174. The molecule has 12 heavy (non-hydrogen) atoms. The molecule has 0 aliphatic carbocycles. The second kappa shape index (κ2) is 7.45. The summed E-state index contributed by atoms with van der Waals surface area (Å²) < 4.78 is 9.47. The van der Waals surface area contributed by atoms with E-state index in [-0.39, 0.29) is 19.8 Å². The zero-order chi connectivity index (χ0) is 9.40. The van der Waals surface area contributed by atoms with Crippen LogP contribution >= 0.6 is 0 Å². The molecular weight excluding hydrogens is 164 g/mol. The molecule has 3 N–H and O–H groups in total. The average molecular weight is 180 g/mol. The molecule has 0 saturated heterocycles. The second-order valence-electron chi connectivity index (χ2n) is 2.21. The van der Waals surface area contributed by atoms with Gasteiger partial charge in [-0.15, -0.1) is 0 Å². The Kier molecular flexibility index (Phi) is 7.33. The van der Waals surface area contributed by atoms with E-state index < -0.39 is 12.4 Å². The van der Waals surface area contributed by atoms with Crippen molar-refractivity contribution in [2.45, 2.75) is 19.3 Å². The third kappa shape index (κ3) is 5.45. The van der Waals surface area contributed by atoms with E-state index in [9.17, 15) is 0 Å². The van der Waals surface area contributed by atoms with Gasteiger partial charge < -0.3 is 24.8 Å². The van der Waals surface area contributed by atoms with Crippen LogP contribution in [0.4, 0.5) is 0 Å². The SMILES string of the molecule is CCOC(O)C(O)COCCO. The van der Waals surface area contributed by atoms with Crippen LogP contribution in [0.5, 0.6) is 0 Å². The Bertz CT molecular complexity index is 97.8. The van der Waals surface area contributed by atoms with E-state index in [2.05, 4.69) is 0 Å². The Morgan fingerprint density at radius 3 is 2.50 bits per heavy atom. The van der Waals surface area contributed by atoms with Gasteiger partial charge in [-0.1, -0.05) is 0 Å². The molecule has 0 aliphatic heterocycles. The molecule has 0 aromatic carbocycles. The van der Waals surface area contributed by atoms with Gasteiger partial charge in [-0.2, -0.15) is 0 Å². The largest absolute Gasteiger partial charge is 0.394 e. The zero-order valence-electron chi connectivity index (χ0n) is 7.14. The molecule has 0 saturated carbocycles. The first kappa shape index (κ1) is 11.8. The molecule has 5 heteroatoms. The fraction of sp³-hybridized carbons (Fsp3) is 1.00. The smallest absolute Gasteiger partial charge is 0.183 e. The number of hydrogen-bond acceptors (Lipinski definition) is 5. The van der Waals surface area contributed by atoms with Crippen molar-refractivity contribution in [3.05, 3.63) is 0 Å². The average Bonchev–Trinajstić information content (AvgIpc) is 2.05. The van der Waals surface area contributed by atoms with Gasteiger partial charge in [0.25, 0.3) is 0 Å². The first-order valence-electron chi connectivity index (χ1n) is 3.88. The van der Waals surface area contributed by atoms with E-state index in [0.29, 0.717) is 6.61 Å². The molecule has 2 atom stereocenters. The van der Waals surface area contributed by atoms with Gasteiger partial charge in [-0.3, -0.25) is 0 Å². The molecule has 5 nitrogen and oxygen atoms in total. The maximum absolute atomic E-state index is 9.09. The summed E-state index contributed by atoms with van der Waals surface area (Å²) in [5.74, 6) is 0. The summed E-state index contributed by atoms with van der Waals surface area (Å²) in [7, 11) is 0. The third-order valence-electron chi connectivity index (χ3n) is 1.19. The zero-order valence-corrected chi connectivity index (χ0v) is 7.14. The van der Waals surface area contributed by atoms with Crippen LogP contribution in [0.3, 0.4) is 0 Å². The van der Waals surface area contributed by atoms with Crippen molar-refractivity contribution in [1.82, 2.24) is 0 Å². The molecule has 0 rings (SSSR count). The summed E-state index contributed by atoms with van der Waals surface area (Å²) >= 11 is 0. The minimum atomic E-state index is -1.21. The molecule has 0 heterocycles. The molecule has 0 aromatic heterocycles. The number of ether oxygens (including phenoxy) is 2. The monoisotopic (exact) mass is 180 g/mol. The molecule has 74 valence electrons. The molecular formula is C7H16O5. The third-order valence-corrected chi connectivity index (χ3v) is 1.19. The fourth-order valence-electron chi connectivity index (χ4n) is 0.633. The van der Waals surface area contributed by atoms with Crippen LogP contribution in [0.25, 0.3) is 0 Å². The molecule has 0 amide bonds. The van der Waals surface area contributed by atoms with Gasteiger partial charge >= 0.3 is 0 Å². The van der Waals surface area contributed by atoms with Crippen molar-refractivity contribution in [3.63, 3.8) is 0 Å². The number of aliphatic hydroxyl groups excluding tert-OH is 3. The van der Waals surface area contributed by atoms with Crippen LogP contribution in [0, 0.1) is 0 Å². The van der Waals surface area contributed by atoms with Gasteiger partial charge in [0.2, 0.25) is 0 Å². The van der Waals surface area contributed by atoms with Gasteiger partial charge in [-0.25, -0.2) is 0 Å². The molecule has 0 aliphatic rings. The number of hydrogen-bond donors (Lipinski definition) is 3. The van der Waals surface area contributed by atoms with E-state index in [1.54, 1.807) is 6.92 Å². The maximum atomic E-state index is 9.09. The lowest BCUT2D eigenvalue weighted by atomic mass is 10.4. The van der Waals surface area contributed by atoms with Crippen LogP contribution < -0.4 is 0 Å². The van der Waals surface area contributed by atoms with Gasteiger partial charge in [0.05, 0.1) is 19.8 Å². The van der Waals surface area contributed by atoms with Crippen molar-refractivity contribution >= 4 is 0 Å². The highest BCUT2D eigenvalue weighted by Crippen LogP contribution is 1.96. The van der Waals surface area contributed by atoms with E-state index in [1.807, 2.05) is 0 Å². The Morgan fingerprint density at radius 1 is 1.33 bits per heavy atom. The van der Waals surface area contributed by atoms with Crippen LogP contribution in [0.2, 0.25) is 0 Å². The van der Waals surface area contributed by atoms with E-state index in [0.717, 1.165) is 0 Å². The lowest BCUT2D eigenvalue weighted by Crippen LogP contribution is -2.33. The first-order chi connectivity index (χ1) is 5.72. The summed E-state index contributed by atoms with van der Waals surface area (Å²) in [5.41, 5.74) is 0. The van der Waals surface area contributed by atoms with Gasteiger partial charge in [0.15, 0.2) is 6.29 Å². The molecule has 0 fully saturated rings. The summed E-state index contributed by atoms with van der Waals surface area (Å²) in [6.45, 7) is 2.05. The normalized spacial score (nSPS) is 16.0. The van der Waals surface area contributed by atoms with E-state index in [4.69, 9.17) is 24.8 Å². The van der Waals surface area contributed by atoms with Crippen molar-refractivity contribution in [2.24, 2.45) is 0 Å². The summed E-state index contributed by atoms with van der Waals surface area (Å²) in [4.78, 5) is 0. The van der Waals surface area contributed by atoms with Crippen LogP contribution in [-0.2, 0) is 9.47 Å². The van der Waals surface area contributed by atoms with Crippen molar-refractivity contribution in [3.8, 4) is 0 Å². The van der Waals surface area contributed by atoms with Crippen LogP contribution in [0.1, 0.15) is 6.92 Å². The molecule has 2 unspecified atom stereocenters. The van der Waals surface area contributed by atoms with Crippen LogP contribution in [-0.4, -0.2) is 54.1 Å².